The van der Waals surface area contributed by atoms with E-state index in [9.17, 15) is 13.6 Å². The lowest BCUT2D eigenvalue weighted by Gasteiger charge is -2.35. The number of carbonyl (C=O) groups is 1. The van der Waals surface area contributed by atoms with Crippen LogP contribution in [0.4, 0.5) is 13.6 Å². The molecule has 166 valence electrons. The third-order valence-corrected chi connectivity index (χ3v) is 5.94. The molecule has 0 spiro atoms. The van der Waals surface area contributed by atoms with Gasteiger partial charge >= 0.3 is 6.03 Å². The van der Waals surface area contributed by atoms with E-state index >= 15 is 0 Å². The first-order valence-electron chi connectivity index (χ1n) is 10.8. The number of hydrogen-bond donors (Lipinski definition) is 2. The number of rotatable bonds is 5. The lowest BCUT2D eigenvalue weighted by atomic mass is 10.0. The number of urea groups is 1. The lowest BCUT2D eigenvalue weighted by molar-refractivity contribution is 0.138. The van der Waals surface area contributed by atoms with Crippen LogP contribution in [0.2, 0.25) is 0 Å². The van der Waals surface area contributed by atoms with E-state index in [1.165, 1.54) is 12.1 Å². The standard InChI is InChI=1S/C24H29F2N3O2/c1-24(2)13-18-11-16(3-6-22(18)31-24)14-28-23(30)29(20-7-9-27-10-8-20)15-17-4-5-19(25)12-21(17)26/h3-6,11-12,20,27H,7-10,13-15H2,1-2H3,(H,28,30). The Morgan fingerprint density at radius 3 is 2.71 bits per heavy atom. The van der Waals surface area contributed by atoms with Gasteiger partial charge in [-0.2, -0.15) is 0 Å². The van der Waals surface area contributed by atoms with Crippen LogP contribution in [0, 0.1) is 11.6 Å². The first-order chi connectivity index (χ1) is 14.8. The molecule has 5 nitrogen and oxygen atoms in total. The summed E-state index contributed by atoms with van der Waals surface area (Å²) < 4.78 is 33.5. The van der Waals surface area contributed by atoms with Gasteiger partial charge in [0.05, 0.1) is 6.54 Å². The van der Waals surface area contributed by atoms with Crippen LogP contribution >= 0.6 is 0 Å². The maximum Gasteiger partial charge on any atom is 0.318 e. The Morgan fingerprint density at radius 2 is 1.97 bits per heavy atom. The van der Waals surface area contributed by atoms with Crippen LogP contribution in [0.5, 0.6) is 5.75 Å². The molecular weight excluding hydrogens is 400 g/mol. The number of amides is 2. The number of fused-ring (bicyclic) bond motifs is 1. The van der Waals surface area contributed by atoms with Crippen molar-refractivity contribution < 1.29 is 18.3 Å². The molecule has 31 heavy (non-hydrogen) atoms. The van der Waals surface area contributed by atoms with Gasteiger partial charge in [0.15, 0.2) is 0 Å². The number of nitrogens with one attached hydrogen (secondary N) is 2. The number of piperidine rings is 1. The smallest absolute Gasteiger partial charge is 0.318 e. The van der Waals surface area contributed by atoms with Gasteiger partial charge in [0.25, 0.3) is 0 Å². The predicted molar refractivity (Wildman–Crippen MR) is 115 cm³/mol. The van der Waals surface area contributed by atoms with Crippen molar-refractivity contribution in [2.45, 2.75) is 57.8 Å². The maximum absolute atomic E-state index is 14.3. The highest BCUT2D eigenvalue weighted by Gasteiger charge is 2.30. The highest BCUT2D eigenvalue weighted by atomic mass is 19.1. The second-order valence-electron chi connectivity index (χ2n) is 8.98. The summed E-state index contributed by atoms with van der Waals surface area (Å²) in [7, 11) is 0. The van der Waals surface area contributed by atoms with Crippen molar-refractivity contribution in [3.63, 3.8) is 0 Å². The molecule has 2 aliphatic rings. The molecule has 2 heterocycles. The van der Waals surface area contributed by atoms with Crippen LogP contribution in [0.15, 0.2) is 36.4 Å². The van der Waals surface area contributed by atoms with Crippen molar-refractivity contribution >= 4 is 6.03 Å². The minimum absolute atomic E-state index is 0.0000715. The maximum atomic E-state index is 14.3. The van der Waals surface area contributed by atoms with Crippen LogP contribution in [0.25, 0.3) is 0 Å². The minimum Gasteiger partial charge on any atom is -0.487 e. The molecular formula is C24H29F2N3O2. The van der Waals surface area contributed by atoms with Gasteiger partial charge < -0.3 is 20.3 Å². The molecule has 2 aromatic rings. The van der Waals surface area contributed by atoms with Crippen molar-refractivity contribution in [3.8, 4) is 5.75 Å². The zero-order valence-electron chi connectivity index (χ0n) is 18.0. The van der Waals surface area contributed by atoms with E-state index in [2.05, 4.69) is 30.5 Å². The highest BCUT2D eigenvalue weighted by Crippen LogP contribution is 2.35. The molecule has 4 rings (SSSR count). The molecule has 2 amide bonds. The molecule has 0 unspecified atom stereocenters. The monoisotopic (exact) mass is 429 g/mol. The molecule has 1 saturated heterocycles. The van der Waals surface area contributed by atoms with E-state index in [0.717, 1.165) is 55.3 Å². The lowest BCUT2D eigenvalue weighted by Crippen LogP contribution is -2.49. The molecule has 0 aromatic heterocycles. The zero-order chi connectivity index (χ0) is 22.0. The van der Waals surface area contributed by atoms with Gasteiger partial charge in [0.2, 0.25) is 0 Å². The van der Waals surface area contributed by atoms with Crippen LogP contribution in [0.3, 0.4) is 0 Å². The summed E-state index contributed by atoms with van der Waals surface area (Å²) in [6, 6.07) is 9.23. The summed E-state index contributed by atoms with van der Waals surface area (Å²) in [4.78, 5) is 14.8. The van der Waals surface area contributed by atoms with Gasteiger partial charge in [-0.3, -0.25) is 0 Å². The normalized spacial score (nSPS) is 17.7. The number of carbonyl (C=O) groups excluding carboxylic acids is 1. The number of nitrogens with zero attached hydrogens (tertiary/aromatic N) is 1. The molecule has 0 radical (unpaired) electrons. The number of benzene rings is 2. The Morgan fingerprint density at radius 1 is 1.19 bits per heavy atom. The van der Waals surface area contributed by atoms with E-state index in [1.807, 2.05) is 12.1 Å². The first-order valence-corrected chi connectivity index (χ1v) is 10.8. The largest absolute Gasteiger partial charge is 0.487 e. The Balaban J connectivity index is 1.46. The molecule has 0 aliphatic carbocycles. The van der Waals surface area contributed by atoms with Crippen LogP contribution < -0.4 is 15.4 Å². The average Bonchev–Trinajstić information content (AvgIpc) is 3.05. The second kappa shape index (κ2) is 8.83. The fraction of sp³-hybridized carbons (Fsp3) is 0.458. The second-order valence-corrected chi connectivity index (χ2v) is 8.98. The fourth-order valence-corrected chi connectivity index (χ4v) is 4.37. The topological polar surface area (TPSA) is 53.6 Å². The summed E-state index contributed by atoms with van der Waals surface area (Å²) >= 11 is 0. The van der Waals surface area contributed by atoms with E-state index < -0.39 is 11.6 Å². The number of halogens is 2. The molecule has 7 heteroatoms. The molecule has 0 bridgehead atoms. The van der Waals surface area contributed by atoms with E-state index in [-0.39, 0.29) is 24.2 Å². The van der Waals surface area contributed by atoms with Crippen molar-refractivity contribution in [1.82, 2.24) is 15.5 Å². The Labute approximate surface area is 181 Å². The van der Waals surface area contributed by atoms with Gasteiger partial charge in [-0.25, -0.2) is 13.6 Å². The van der Waals surface area contributed by atoms with Gasteiger partial charge in [-0.05, 0) is 63.0 Å². The summed E-state index contributed by atoms with van der Waals surface area (Å²) in [6.45, 7) is 6.20. The van der Waals surface area contributed by atoms with Crippen LogP contribution in [-0.4, -0.2) is 35.7 Å². The highest BCUT2D eigenvalue weighted by molar-refractivity contribution is 5.74. The summed E-state index contributed by atoms with van der Waals surface area (Å²) in [5.74, 6) is -0.362. The molecule has 2 aliphatic heterocycles. The zero-order valence-corrected chi connectivity index (χ0v) is 18.0. The SMILES string of the molecule is CC1(C)Cc2cc(CNC(=O)N(Cc3ccc(F)cc3F)C3CCNCC3)ccc2O1. The van der Waals surface area contributed by atoms with Gasteiger partial charge in [-0.15, -0.1) is 0 Å². The summed E-state index contributed by atoms with van der Waals surface area (Å²) in [6.07, 6.45) is 2.41. The fourth-order valence-electron chi connectivity index (χ4n) is 4.37. The van der Waals surface area contributed by atoms with Gasteiger partial charge in [0.1, 0.15) is 23.0 Å². The molecule has 0 saturated carbocycles. The predicted octanol–water partition coefficient (Wildman–Crippen LogP) is 4.14. The molecule has 2 N–H and O–H groups in total. The van der Waals surface area contributed by atoms with E-state index in [4.69, 9.17) is 4.74 Å². The van der Waals surface area contributed by atoms with Crippen molar-refractivity contribution in [2.75, 3.05) is 13.1 Å². The van der Waals surface area contributed by atoms with Crippen molar-refractivity contribution in [2.24, 2.45) is 0 Å². The number of ether oxygens (including phenoxy) is 1. The minimum atomic E-state index is -0.632. The molecule has 2 aromatic carbocycles. The third-order valence-electron chi connectivity index (χ3n) is 5.94. The van der Waals surface area contributed by atoms with Crippen molar-refractivity contribution in [3.05, 3.63) is 64.7 Å². The summed E-state index contributed by atoms with van der Waals surface area (Å²) in [5, 5.41) is 6.27. The summed E-state index contributed by atoms with van der Waals surface area (Å²) in [5.41, 5.74) is 2.23. The van der Waals surface area contributed by atoms with Gasteiger partial charge in [0, 0.05) is 30.6 Å². The van der Waals surface area contributed by atoms with Gasteiger partial charge in [-0.1, -0.05) is 18.2 Å². The Bertz CT molecular complexity index is 958. The third kappa shape index (κ3) is 5.15. The number of hydrogen-bond acceptors (Lipinski definition) is 3. The Hall–Kier alpha value is -2.67. The Kier molecular flexibility index (Phi) is 6.14. The van der Waals surface area contributed by atoms with Crippen LogP contribution in [0.1, 0.15) is 43.4 Å². The van der Waals surface area contributed by atoms with E-state index in [1.54, 1.807) is 4.90 Å². The quantitative estimate of drug-likeness (QED) is 0.751. The molecule has 1 fully saturated rings. The average molecular weight is 430 g/mol. The van der Waals surface area contributed by atoms with Crippen molar-refractivity contribution in [1.29, 1.82) is 0 Å². The molecule has 0 atom stereocenters. The first kappa shape index (κ1) is 21.6. The van der Waals surface area contributed by atoms with E-state index in [0.29, 0.717) is 12.1 Å². The van der Waals surface area contributed by atoms with Crippen LogP contribution in [-0.2, 0) is 19.5 Å².